The van der Waals surface area contributed by atoms with Crippen LogP contribution in [0.3, 0.4) is 0 Å². The van der Waals surface area contributed by atoms with Crippen molar-refractivity contribution in [3.8, 4) is 0 Å². The lowest BCUT2D eigenvalue weighted by molar-refractivity contribution is -0.318. The molecule has 1 rings (SSSR count). The Labute approximate surface area is 139 Å². The third-order valence-corrected chi connectivity index (χ3v) is 3.44. The van der Waals surface area contributed by atoms with Crippen molar-refractivity contribution in [2.75, 3.05) is 6.61 Å². The van der Waals surface area contributed by atoms with E-state index in [-0.39, 0.29) is 13.0 Å². The Kier molecular flexibility index (Phi) is 6.88. The average molecular weight is 345 g/mol. The largest absolute Gasteiger partial charge is 0.463 e. The van der Waals surface area contributed by atoms with Crippen molar-refractivity contribution >= 4 is 17.8 Å². The van der Waals surface area contributed by atoms with Gasteiger partial charge >= 0.3 is 11.9 Å². The summed E-state index contributed by atoms with van der Waals surface area (Å²) < 4.78 is 15.3. The molecule has 0 unspecified atom stereocenters. The molecule has 1 fully saturated rings. The molecule has 0 aromatic carbocycles. The van der Waals surface area contributed by atoms with Crippen LogP contribution in [0.5, 0.6) is 0 Å². The fourth-order valence-corrected chi connectivity index (χ4v) is 2.53. The molecule has 1 aliphatic heterocycles. The van der Waals surface area contributed by atoms with Gasteiger partial charge in [-0.3, -0.25) is 14.4 Å². The second-order valence-electron chi connectivity index (χ2n) is 5.54. The van der Waals surface area contributed by atoms with Gasteiger partial charge in [-0.05, 0) is 0 Å². The number of rotatable bonds is 6. The smallest absolute Gasteiger partial charge is 0.303 e. The van der Waals surface area contributed by atoms with E-state index in [1.807, 2.05) is 0 Å². The molecule has 9 nitrogen and oxygen atoms in total. The molecule has 0 aromatic rings. The lowest BCUT2D eigenvalue weighted by Crippen LogP contribution is -2.70. The van der Waals surface area contributed by atoms with Crippen LogP contribution < -0.4 is 5.32 Å². The predicted octanol–water partition coefficient (Wildman–Crippen LogP) is -0.990. The third kappa shape index (κ3) is 5.02. The van der Waals surface area contributed by atoms with Crippen molar-refractivity contribution in [2.24, 2.45) is 0 Å². The molecule has 1 aliphatic rings. The number of amides is 1. The lowest BCUT2D eigenvalue weighted by Gasteiger charge is -2.48. The maximum Gasteiger partial charge on any atom is 0.303 e. The molecule has 0 bridgehead atoms. The van der Waals surface area contributed by atoms with Crippen LogP contribution in [0.1, 0.15) is 27.2 Å². The van der Waals surface area contributed by atoms with E-state index in [4.69, 9.17) is 14.2 Å². The summed E-state index contributed by atoms with van der Waals surface area (Å²) in [6, 6.07) is -1.24. The van der Waals surface area contributed by atoms with Crippen LogP contribution in [0.2, 0.25) is 0 Å². The predicted molar refractivity (Wildman–Crippen MR) is 80.4 cm³/mol. The van der Waals surface area contributed by atoms with E-state index in [1.54, 1.807) is 0 Å². The zero-order valence-corrected chi connectivity index (χ0v) is 13.9. The molecule has 0 radical (unpaired) electrons. The fraction of sp³-hybridized carbons (Fsp3) is 0.667. The van der Waals surface area contributed by atoms with Crippen molar-refractivity contribution in [3.05, 3.63) is 12.7 Å². The van der Waals surface area contributed by atoms with E-state index >= 15 is 0 Å². The van der Waals surface area contributed by atoms with Crippen molar-refractivity contribution in [1.82, 2.24) is 5.32 Å². The van der Waals surface area contributed by atoms with Gasteiger partial charge in [-0.1, -0.05) is 6.08 Å². The zero-order chi connectivity index (χ0) is 18.5. The number of ether oxygens (including phenoxy) is 3. The van der Waals surface area contributed by atoms with Gasteiger partial charge in [0.1, 0.15) is 24.9 Å². The first-order valence-corrected chi connectivity index (χ1v) is 7.37. The number of nitrogens with one attached hydrogen (secondary N) is 1. The Morgan fingerprint density at radius 3 is 2.38 bits per heavy atom. The summed E-state index contributed by atoms with van der Waals surface area (Å²) in [7, 11) is 0. The van der Waals surface area contributed by atoms with E-state index in [1.165, 1.54) is 19.9 Å². The van der Waals surface area contributed by atoms with Crippen LogP contribution in [0.4, 0.5) is 0 Å². The lowest BCUT2D eigenvalue weighted by atomic mass is 9.88. The maximum absolute atomic E-state index is 11.4. The number of esters is 2. The van der Waals surface area contributed by atoms with E-state index < -0.39 is 48.0 Å². The number of hydrogen-bond donors (Lipinski definition) is 3. The molecule has 1 amide bonds. The highest BCUT2D eigenvalue weighted by Gasteiger charge is 2.55. The summed E-state index contributed by atoms with van der Waals surface area (Å²) in [4.78, 5) is 33.8. The van der Waals surface area contributed by atoms with Crippen molar-refractivity contribution in [1.29, 1.82) is 0 Å². The molecule has 5 atom stereocenters. The summed E-state index contributed by atoms with van der Waals surface area (Å²) >= 11 is 0. The molecule has 3 N–H and O–H groups in total. The first-order chi connectivity index (χ1) is 11.1. The first kappa shape index (κ1) is 20.1. The molecular weight excluding hydrogens is 322 g/mol. The van der Waals surface area contributed by atoms with Gasteiger partial charge in [-0.15, -0.1) is 6.58 Å². The van der Waals surface area contributed by atoms with E-state index in [0.717, 1.165) is 6.92 Å². The van der Waals surface area contributed by atoms with Crippen LogP contribution in [0.15, 0.2) is 12.7 Å². The monoisotopic (exact) mass is 345 g/mol. The Morgan fingerprint density at radius 2 is 1.92 bits per heavy atom. The van der Waals surface area contributed by atoms with Gasteiger partial charge in [0, 0.05) is 27.2 Å². The van der Waals surface area contributed by atoms with Crippen LogP contribution in [-0.4, -0.2) is 64.8 Å². The number of carbonyl (C=O) groups is 3. The highest BCUT2D eigenvalue weighted by Crippen LogP contribution is 2.33. The minimum atomic E-state index is -2.00. The molecule has 1 heterocycles. The second-order valence-corrected chi connectivity index (χ2v) is 5.54. The van der Waals surface area contributed by atoms with Gasteiger partial charge < -0.3 is 29.7 Å². The van der Waals surface area contributed by atoms with Crippen LogP contribution in [0, 0.1) is 0 Å². The van der Waals surface area contributed by atoms with Gasteiger partial charge in [0.05, 0.1) is 0 Å². The van der Waals surface area contributed by atoms with Gasteiger partial charge in [-0.25, -0.2) is 0 Å². The number of aliphatic hydroxyl groups excluding tert-OH is 1. The SMILES string of the molecule is C=CC[C@]1(O)O[C@H](COC(C)=O)[C@@H](O)[C@H](OC(C)=O)[C@H]1NC(C)=O. The Hall–Kier alpha value is -1.97. The molecule has 0 spiro atoms. The van der Waals surface area contributed by atoms with E-state index in [2.05, 4.69) is 11.9 Å². The topological polar surface area (TPSA) is 131 Å². The highest BCUT2D eigenvalue weighted by atomic mass is 16.7. The van der Waals surface area contributed by atoms with Crippen LogP contribution in [-0.2, 0) is 28.6 Å². The summed E-state index contributed by atoms with van der Waals surface area (Å²) in [6.07, 6.45) is -2.67. The average Bonchev–Trinajstić information content (AvgIpc) is 2.44. The standard InChI is InChI=1S/C15H23NO8/c1-5-6-15(21)14(16-8(2)17)13(23-10(4)19)12(20)11(24-15)7-22-9(3)18/h5,11-14,20-21H,1,6-7H2,2-4H3,(H,16,17)/t11-,12-,13+,14-,15+/m1/s1. The summed E-state index contributed by atoms with van der Waals surface area (Å²) in [5, 5.41) is 23.6. The van der Waals surface area contributed by atoms with E-state index in [0.29, 0.717) is 0 Å². The molecule has 24 heavy (non-hydrogen) atoms. The second kappa shape index (κ2) is 8.22. The quantitative estimate of drug-likeness (QED) is 0.413. The molecule has 136 valence electrons. The van der Waals surface area contributed by atoms with Crippen LogP contribution in [0.25, 0.3) is 0 Å². The summed E-state index contributed by atoms with van der Waals surface area (Å²) in [6.45, 7) is 6.65. The Morgan fingerprint density at radius 1 is 1.29 bits per heavy atom. The minimum absolute atomic E-state index is 0.126. The minimum Gasteiger partial charge on any atom is -0.463 e. The molecule has 0 aliphatic carbocycles. The van der Waals surface area contributed by atoms with Gasteiger partial charge in [0.25, 0.3) is 0 Å². The van der Waals surface area contributed by atoms with E-state index in [9.17, 15) is 24.6 Å². The van der Waals surface area contributed by atoms with Gasteiger partial charge in [0.2, 0.25) is 5.91 Å². The van der Waals surface area contributed by atoms with Crippen LogP contribution >= 0.6 is 0 Å². The molecular formula is C15H23NO8. The molecule has 0 aromatic heterocycles. The van der Waals surface area contributed by atoms with Crippen molar-refractivity contribution in [3.63, 3.8) is 0 Å². The van der Waals surface area contributed by atoms with Gasteiger partial charge in [0.15, 0.2) is 11.9 Å². The molecule has 0 saturated carbocycles. The molecule has 1 saturated heterocycles. The first-order valence-electron chi connectivity index (χ1n) is 7.37. The summed E-state index contributed by atoms with van der Waals surface area (Å²) in [5.41, 5.74) is 0. The zero-order valence-electron chi connectivity index (χ0n) is 13.9. The highest BCUT2D eigenvalue weighted by molar-refractivity contribution is 5.73. The number of carbonyl (C=O) groups excluding carboxylic acids is 3. The Balaban J connectivity index is 3.17. The van der Waals surface area contributed by atoms with Gasteiger partial charge in [-0.2, -0.15) is 0 Å². The van der Waals surface area contributed by atoms with Crippen molar-refractivity contribution in [2.45, 2.75) is 57.3 Å². The summed E-state index contributed by atoms with van der Waals surface area (Å²) in [5.74, 6) is -3.85. The van der Waals surface area contributed by atoms with Crippen molar-refractivity contribution < 1.29 is 38.8 Å². The number of aliphatic hydroxyl groups is 2. The number of hydrogen-bond acceptors (Lipinski definition) is 8. The Bertz CT molecular complexity index is 508. The maximum atomic E-state index is 11.4. The normalized spacial score (nSPS) is 32.5. The fourth-order valence-electron chi connectivity index (χ4n) is 2.53. The molecule has 9 heteroatoms. The third-order valence-electron chi connectivity index (χ3n) is 3.44.